The first kappa shape index (κ1) is 19.2. The Morgan fingerprint density at radius 2 is 1.77 bits per heavy atom. The number of fused-ring (bicyclic) bond motifs is 1. The molecular formula is C25H25N3OS. The molecule has 4 nitrogen and oxygen atoms in total. The summed E-state index contributed by atoms with van der Waals surface area (Å²) >= 11 is 1.71. The van der Waals surface area contributed by atoms with Crippen LogP contribution in [0.25, 0.3) is 11.0 Å². The number of imidazole rings is 1. The van der Waals surface area contributed by atoms with Crippen molar-refractivity contribution in [3.8, 4) is 5.75 Å². The molecule has 0 amide bonds. The number of benzene rings is 2. The fourth-order valence-corrected chi connectivity index (χ4v) is 4.90. The Labute approximate surface area is 181 Å². The molecule has 1 saturated carbocycles. The van der Waals surface area contributed by atoms with Gasteiger partial charge in [-0.2, -0.15) is 0 Å². The maximum Gasteiger partial charge on any atom is 0.135 e. The molecule has 5 rings (SSSR count). The summed E-state index contributed by atoms with van der Waals surface area (Å²) in [5.41, 5.74) is 3.26. The number of pyridine rings is 1. The summed E-state index contributed by atoms with van der Waals surface area (Å²) in [6, 6.07) is 18.8. The van der Waals surface area contributed by atoms with Gasteiger partial charge in [0.05, 0.1) is 22.0 Å². The van der Waals surface area contributed by atoms with Crippen molar-refractivity contribution >= 4 is 22.8 Å². The average molecular weight is 416 g/mol. The third-order valence-electron chi connectivity index (χ3n) is 5.53. The number of rotatable bonds is 6. The van der Waals surface area contributed by atoms with E-state index in [9.17, 15) is 0 Å². The minimum Gasteiger partial charge on any atom is -0.489 e. The van der Waals surface area contributed by atoms with E-state index >= 15 is 0 Å². The minimum atomic E-state index is 0.305. The SMILES string of the molecule is c1ccc(Cc2nc3cc(Sc4ccncc4)c(OC4CCCCC4)cc3[nH]2)cc1. The number of nitrogens with zero attached hydrogens (tertiary/aromatic N) is 2. The first-order chi connectivity index (χ1) is 14.8. The lowest BCUT2D eigenvalue weighted by molar-refractivity contribution is 0.151. The van der Waals surface area contributed by atoms with Crippen LogP contribution < -0.4 is 4.74 Å². The van der Waals surface area contributed by atoms with Gasteiger partial charge in [-0.25, -0.2) is 4.98 Å². The monoisotopic (exact) mass is 415 g/mol. The van der Waals surface area contributed by atoms with Gasteiger partial charge in [0.2, 0.25) is 0 Å². The second-order valence-electron chi connectivity index (χ2n) is 7.82. The number of hydrogen-bond acceptors (Lipinski definition) is 4. The molecule has 1 aliphatic carbocycles. The molecule has 30 heavy (non-hydrogen) atoms. The molecule has 152 valence electrons. The molecule has 1 aliphatic rings. The van der Waals surface area contributed by atoms with Gasteiger partial charge >= 0.3 is 0 Å². The number of nitrogens with one attached hydrogen (secondary N) is 1. The Morgan fingerprint density at radius 3 is 2.57 bits per heavy atom. The van der Waals surface area contributed by atoms with Crippen molar-refractivity contribution in [3.05, 3.63) is 78.4 Å². The lowest BCUT2D eigenvalue weighted by Gasteiger charge is -2.24. The standard InChI is InChI=1S/C25H25N3OS/c1-3-7-18(8-4-1)15-25-27-21-16-23(29-19-9-5-2-6-10-19)24(17-22(21)28-25)30-20-11-13-26-14-12-20/h1,3-4,7-8,11-14,16-17,19H,2,5-6,9-10,15H2,(H,27,28). The molecule has 0 bridgehead atoms. The van der Waals surface area contributed by atoms with Gasteiger partial charge in [0.15, 0.2) is 0 Å². The van der Waals surface area contributed by atoms with Gasteiger partial charge in [0, 0.05) is 29.8 Å². The van der Waals surface area contributed by atoms with E-state index in [0.717, 1.165) is 51.7 Å². The minimum absolute atomic E-state index is 0.305. The lowest BCUT2D eigenvalue weighted by Crippen LogP contribution is -2.19. The van der Waals surface area contributed by atoms with Crippen LogP contribution in [-0.4, -0.2) is 21.1 Å². The maximum absolute atomic E-state index is 6.51. The summed E-state index contributed by atoms with van der Waals surface area (Å²) in [6.07, 6.45) is 10.9. The van der Waals surface area contributed by atoms with E-state index in [1.807, 2.05) is 30.6 Å². The van der Waals surface area contributed by atoms with Crippen LogP contribution in [0.15, 0.2) is 76.8 Å². The molecule has 2 heterocycles. The zero-order valence-electron chi connectivity index (χ0n) is 16.9. The average Bonchev–Trinajstić information content (AvgIpc) is 3.17. The van der Waals surface area contributed by atoms with Crippen LogP contribution >= 0.6 is 11.8 Å². The highest BCUT2D eigenvalue weighted by molar-refractivity contribution is 7.99. The summed E-state index contributed by atoms with van der Waals surface area (Å²) in [5, 5.41) is 0. The fraction of sp³-hybridized carbons (Fsp3) is 0.280. The molecule has 4 aromatic rings. The first-order valence-corrected chi connectivity index (χ1v) is 11.5. The Hall–Kier alpha value is -2.79. The Kier molecular flexibility index (Phi) is 5.71. The number of hydrogen-bond donors (Lipinski definition) is 1. The third-order valence-corrected chi connectivity index (χ3v) is 6.58. The summed E-state index contributed by atoms with van der Waals surface area (Å²) < 4.78 is 6.51. The van der Waals surface area contributed by atoms with E-state index < -0.39 is 0 Å². The van der Waals surface area contributed by atoms with Gasteiger partial charge in [-0.05, 0) is 49.4 Å². The fourth-order valence-electron chi connectivity index (χ4n) is 4.01. The van der Waals surface area contributed by atoms with Gasteiger partial charge in [0.25, 0.3) is 0 Å². The van der Waals surface area contributed by atoms with Gasteiger partial charge < -0.3 is 9.72 Å². The summed E-state index contributed by atoms with van der Waals surface area (Å²) in [7, 11) is 0. The highest BCUT2D eigenvalue weighted by Gasteiger charge is 2.18. The second kappa shape index (κ2) is 8.92. The van der Waals surface area contributed by atoms with Gasteiger partial charge in [0.1, 0.15) is 11.6 Å². The van der Waals surface area contributed by atoms with Crippen molar-refractivity contribution in [3.63, 3.8) is 0 Å². The van der Waals surface area contributed by atoms with Crippen LogP contribution in [0.4, 0.5) is 0 Å². The molecule has 2 aromatic heterocycles. The Morgan fingerprint density at radius 1 is 0.967 bits per heavy atom. The van der Waals surface area contributed by atoms with E-state index in [1.165, 1.54) is 24.8 Å². The molecule has 0 saturated heterocycles. The predicted octanol–water partition coefficient (Wildman–Crippen LogP) is 6.41. The highest BCUT2D eigenvalue weighted by atomic mass is 32.2. The first-order valence-electron chi connectivity index (χ1n) is 10.6. The summed E-state index contributed by atoms with van der Waals surface area (Å²) in [5.74, 6) is 1.93. The smallest absolute Gasteiger partial charge is 0.135 e. The van der Waals surface area contributed by atoms with E-state index in [2.05, 4.69) is 46.4 Å². The van der Waals surface area contributed by atoms with Crippen molar-refractivity contribution < 1.29 is 4.74 Å². The number of ether oxygens (including phenoxy) is 1. The molecule has 1 N–H and O–H groups in total. The molecule has 2 aromatic carbocycles. The quantitative estimate of drug-likeness (QED) is 0.395. The maximum atomic E-state index is 6.51. The zero-order chi connectivity index (χ0) is 20.2. The molecule has 0 unspecified atom stereocenters. The number of aromatic amines is 1. The Balaban J connectivity index is 1.48. The van der Waals surface area contributed by atoms with Gasteiger partial charge in [-0.3, -0.25) is 4.98 Å². The van der Waals surface area contributed by atoms with Crippen molar-refractivity contribution in [2.24, 2.45) is 0 Å². The van der Waals surface area contributed by atoms with E-state index in [4.69, 9.17) is 9.72 Å². The van der Waals surface area contributed by atoms with Crippen molar-refractivity contribution in [2.45, 2.75) is 54.4 Å². The molecule has 5 heteroatoms. The van der Waals surface area contributed by atoms with Crippen molar-refractivity contribution in [2.75, 3.05) is 0 Å². The largest absolute Gasteiger partial charge is 0.489 e. The van der Waals surface area contributed by atoms with Gasteiger partial charge in [-0.15, -0.1) is 0 Å². The molecule has 0 atom stereocenters. The predicted molar refractivity (Wildman–Crippen MR) is 121 cm³/mol. The van der Waals surface area contributed by atoms with Gasteiger partial charge in [-0.1, -0.05) is 48.5 Å². The van der Waals surface area contributed by atoms with E-state index in [1.54, 1.807) is 11.8 Å². The van der Waals surface area contributed by atoms with Crippen LogP contribution in [0, 0.1) is 0 Å². The summed E-state index contributed by atoms with van der Waals surface area (Å²) in [4.78, 5) is 14.8. The molecule has 0 aliphatic heterocycles. The molecular weight excluding hydrogens is 390 g/mol. The van der Waals surface area contributed by atoms with Crippen LogP contribution in [0.2, 0.25) is 0 Å². The lowest BCUT2D eigenvalue weighted by atomic mass is 9.98. The summed E-state index contributed by atoms with van der Waals surface area (Å²) in [6.45, 7) is 0. The van der Waals surface area contributed by atoms with E-state index in [0.29, 0.717) is 6.10 Å². The topological polar surface area (TPSA) is 50.8 Å². The highest BCUT2D eigenvalue weighted by Crippen LogP contribution is 2.39. The van der Waals surface area contributed by atoms with Crippen LogP contribution in [0.3, 0.4) is 0 Å². The van der Waals surface area contributed by atoms with Crippen molar-refractivity contribution in [1.29, 1.82) is 0 Å². The Bertz CT molecular complexity index is 1110. The molecule has 0 radical (unpaired) electrons. The molecule has 1 fully saturated rings. The molecule has 0 spiro atoms. The van der Waals surface area contributed by atoms with Crippen molar-refractivity contribution in [1.82, 2.24) is 15.0 Å². The number of aromatic nitrogens is 3. The van der Waals surface area contributed by atoms with Crippen LogP contribution in [-0.2, 0) is 6.42 Å². The second-order valence-corrected chi connectivity index (χ2v) is 8.94. The van der Waals surface area contributed by atoms with E-state index in [-0.39, 0.29) is 0 Å². The normalized spacial score (nSPS) is 14.8. The number of H-pyrrole nitrogens is 1. The zero-order valence-corrected chi connectivity index (χ0v) is 17.7. The van der Waals surface area contributed by atoms with Crippen LogP contribution in [0.5, 0.6) is 5.75 Å². The third kappa shape index (κ3) is 4.51. The van der Waals surface area contributed by atoms with Crippen LogP contribution in [0.1, 0.15) is 43.5 Å².